The number of halogens is 2. The molecule has 1 fully saturated rings. The van der Waals surface area contributed by atoms with E-state index in [9.17, 15) is 22.0 Å². The minimum Gasteiger partial charge on any atom is -0.440 e. The third-order valence-corrected chi connectivity index (χ3v) is 7.98. The van der Waals surface area contributed by atoms with Gasteiger partial charge in [-0.3, -0.25) is 4.79 Å². The number of nitrogens with one attached hydrogen (secondary N) is 1. The predicted octanol–water partition coefficient (Wildman–Crippen LogP) is 4.72. The van der Waals surface area contributed by atoms with E-state index in [1.165, 1.54) is 0 Å². The van der Waals surface area contributed by atoms with Crippen molar-refractivity contribution in [2.24, 2.45) is 0 Å². The Labute approximate surface area is 203 Å². The van der Waals surface area contributed by atoms with Crippen LogP contribution in [0.25, 0.3) is 11.3 Å². The van der Waals surface area contributed by atoms with E-state index in [1.807, 2.05) is 37.3 Å². The lowest BCUT2D eigenvalue weighted by atomic mass is 9.98. The van der Waals surface area contributed by atoms with E-state index in [0.29, 0.717) is 36.6 Å². The molecular formula is C25H27F2N3O4S. The second kappa shape index (κ2) is 10.7. The third kappa shape index (κ3) is 5.28. The lowest BCUT2D eigenvalue weighted by Crippen LogP contribution is -2.38. The van der Waals surface area contributed by atoms with Gasteiger partial charge in [-0.2, -0.15) is 4.31 Å². The van der Waals surface area contributed by atoms with Crippen LogP contribution in [-0.4, -0.2) is 43.2 Å². The highest BCUT2D eigenvalue weighted by molar-refractivity contribution is 7.89. The highest BCUT2D eigenvalue weighted by Gasteiger charge is 2.36. The Balaban J connectivity index is 1.55. The van der Waals surface area contributed by atoms with Crippen LogP contribution in [0.5, 0.6) is 0 Å². The van der Waals surface area contributed by atoms with Crippen molar-refractivity contribution in [3.8, 4) is 11.3 Å². The van der Waals surface area contributed by atoms with Crippen LogP contribution in [-0.2, 0) is 10.0 Å². The van der Waals surface area contributed by atoms with Gasteiger partial charge in [-0.25, -0.2) is 22.2 Å². The molecule has 1 saturated heterocycles. The second-order valence-electron chi connectivity index (χ2n) is 8.43. The molecule has 4 rings (SSSR count). The van der Waals surface area contributed by atoms with Crippen LogP contribution in [0.1, 0.15) is 54.9 Å². The van der Waals surface area contributed by atoms with E-state index < -0.39 is 26.6 Å². The first-order chi connectivity index (χ1) is 16.8. The van der Waals surface area contributed by atoms with Gasteiger partial charge in [0.05, 0.1) is 0 Å². The maximum absolute atomic E-state index is 14.1. The quantitative estimate of drug-likeness (QED) is 0.449. The molecule has 3 aromatic rings. The Morgan fingerprint density at radius 2 is 1.74 bits per heavy atom. The summed E-state index contributed by atoms with van der Waals surface area (Å²) in [6.07, 6.45) is 2.45. The Morgan fingerprint density at radius 1 is 1.09 bits per heavy atom. The summed E-state index contributed by atoms with van der Waals surface area (Å²) in [4.78, 5) is 16.4. The van der Waals surface area contributed by atoms with E-state index >= 15 is 0 Å². The highest BCUT2D eigenvalue weighted by atomic mass is 32.2. The number of piperidine rings is 1. The number of oxazole rings is 1. The van der Waals surface area contributed by atoms with Crippen LogP contribution in [0.15, 0.2) is 57.8 Å². The van der Waals surface area contributed by atoms with Gasteiger partial charge in [-0.1, -0.05) is 49.7 Å². The Morgan fingerprint density at radius 3 is 2.37 bits per heavy atom. The van der Waals surface area contributed by atoms with Crippen molar-refractivity contribution in [3.05, 3.63) is 71.8 Å². The van der Waals surface area contributed by atoms with Gasteiger partial charge in [-0.15, -0.1) is 0 Å². The summed E-state index contributed by atoms with van der Waals surface area (Å²) in [7, 11) is -4.33. The standard InChI is InChI=1S/C25H27F2N3O4S/c1-2-3-14-28-24(31)21-22(17-8-5-4-6-9-17)34-25(29-21)18-12-15-30(16-13-18)35(32,33)23-19(26)10-7-11-20(23)27/h4-11,18H,2-3,12-16H2,1H3,(H,28,31). The van der Waals surface area contributed by atoms with E-state index in [1.54, 1.807) is 0 Å². The summed E-state index contributed by atoms with van der Waals surface area (Å²) < 4.78 is 61.2. The van der Waals surface area contributed by atoms with E-state index in [0.717, 1.165) is 35.3 Å². The van der Waals surface area contributed by atoms with Gasteiger partial charge in [-0.05, 0) is 31.4 Å². The summed E-state index contributed by atoms with van der Waals surface area (Å²) in [6.45, 7) is 2.64. The zero-order chi connectivity index (χ0) is 25.0. The summed E-state index contributed by atoms with van der Waals surface area (Å²) in [5.41, 5.74) is 0.896. The van der Waals surface area contributed by atoms with Crippen LogP contribution in [0.2, 0.25) is 0 Å². The van der Waals surface area contributed by atoms with Gasteiger partial charge in [0.15, 0.2) is 22.2 Å². The van der Waals surface area contributed by atoms with Crippen molar-refractivity contribution in [1.82, 2.24) is 14.6 Å². The van der Waals surface area contributed by atoms with Crippen molar-refractivity contribution in [1.29, 1.82) is 0 Å². The SMILES string of the molecule is CCCCNC(=O)c1nc(C2CCN(S(=O)(=O)c3c(F)cccc3F)CC2)oc1-c1ccccc1. The molecule has 10 heteroatoms. The molecule has 0 unspecified atom stereocenters. The smallest absolute Gasteiger partial charge is 0.273 e. The molecule has 1 amide bonds. The lowest BCUT2D eigenvalue weighted by Gasteiger charge is -2.30. The van der Waals surface area contributed by atoms with Gasteiger partial charge >= 0.3 is 0 Å². The van der Waals surface area contributed by atoms with Crippen molar-refractivity contribution in [2.75, 3.05) is 19.6 Å². The summed E-state index contributed by atoms with van der Waals surface area (Å²) in [5.74, 6) is -2.11. The molecule has 0 saturated carbocycles. The number of amides is 1. The zero-order valence-electron chi connectivity index (χ0n) is 19.3. The molecule has 0 aliphatic carbocycles. The molecule has 0 atom stereocenters. The number of rotatable bonds is 8. The van der Waals surface area contributed by atoms with Crippen LogP contribution in [0.4, 0.5) is 8.78 Å². The molecule has 1 aliphatic rings. The third-order valence-electron chi connectivity index (χ3n) is 6.03. The van der Waals surface area contributed by atoms with Crippen LogP contribution in [0, 0.1) is 11.6 Å². The Kier molecular flexibility index (Phi) is 7.61. The number of aromatic nitrogens is 1. The van der Waals surface area contributed by atoms with Crippen molar-refractivity contribution < 1.29 is 26.4 Å². The number of unbranched alkanes of at least 4 members (excludes halogenated alkanes) is 1. The topological polar surface area (TPSA) is 92.5 Å². The minimum atomic E-state index is -4.33. The van der Waals surface area contributed by atoms with Gasteiger partial charge in [0.1, 0.15) is 11.6 Å². The van der Waals surface area contributed by atoms with Crippen LogP contribution >= 0.6 is 0 Å². The van der Waals surface area contributed by atoms with Gasteiger partial charge in [0, 0.05) is 31.1 Å². The fourth-order valence-corrected chi connectivity index (χ4v) is 5.69. The molecule has 1 aromatic heterocycles. The van der Waals surface area contributed by atoms with Crippen molar-refractivity contribution >= 4 is 15.9 Å². The number of nitrogens with zero attached hydrogens (tertiary/aromatic N) is 2. The molecule has 1 aliphatic heterocycles. The number of sulfonamides is 1. The molecule has 0 bridgehead atoms. The van der Waals surface area contributed by atoms with Crippen molar-refractivity contribution in [2.45, 2.75) is 43.4 Å². The molecule has 186 valence electrons. The monoisotopic (exact) mass is 503 g/mol. The van der Waals surface area contributed by atoms with Gasteiger partial charge in [0.2, 0.25) is 10.0 Å². The Bertz CT molecular complexity index is 1270. The number of hydrogen-bond donors (Lipinski definition) is 1. The number of benzene rings is 2. The average Bonchev–Trinajstić information content (AvgIpc) is 3.30. The summed E-state index contributed by atoms with van der Waals surface area (Å²) >= 11 is 0. The van der Waals surface area contributed by atoms with Crippen LogP contribution in [0.3, 0.4) is 0 Å². The predicted molar refractivity (Wildman–Crippen MR) is 126 cm³/mol. The van der Waals surface area contributed by atoms with Gasteiger partial charge in [0.25, 0.3) is 5.91 Å². The lowest BCUT2D eigenvalue weighted by molar-refractivity contribution is 0.0949. The fraction of sp³-hybridized carbons (Fsp3) is 0.360. The molecule has 2 aromatic carbocycles. The first-order valence-electron chi connectivity index (χ1n) is 11.6. The van der Waals surface area contributed by atoms with E-state index in [2.05, 4.69) is 10.3 Å². The zero-order valence-corrected chi connectivity index (χ0v) is 20.2. The summed E-state index contributed by atoms with van der Waals surface area (Å²) in [6, 6.07) is 12.1. The maximum atomic E-state index is 14.1. The largest absolute Gasteiger partial charge is 0.440 e. The first-order valence-corrected chi connectivity index (χ1v) is 13.1. The molecule has 35 heavy (non-hydrogen) atoms. The van der Waals surface area contributed by atoms with E-state index in [4.69, 9.17) is 4.42 Å². The molecule has 0 spiro atoms. The second-order valence-corrected chi connectivity index (χ2v) is 10.3. The highest BCUT2D eigenvalue weighted by Crippen LogP contribution is 2.35. The van der Waals surface area contributed by atoms with E-state index in [-0.39, 0.29) is 30.6 Å². The summed E-state index contributed by atoms with van der Waals surface area (Å²) in [5, 5.41) is 2.86. The minimum absolute atomic E-state index is 0.0435. The molecule has 2 heterocycles. The molecule has 7 nitrogen and oxygen atoms in total. The maximum Gasteiger partial charge on any atom is 0.273 e. The number of carbonyl (C=O) groups excluding carboxylic acids is 1. The number of carbonyl (C=O) groups is 1. The first kappa shape index (κ1) is 25.0. The fourth-order valence-electron chi connectivity index (χ4n) is 4.11. The molecule has 1 N–H and O–H groups in total. The Hall–Kier alpha value is -3.11. The average molecular weight is 504 g/mol. The van der Waals surface area contributed by atoms with Crippen molar-refractivity contribution in [3.63, 3.8) is 0 Å². The number of hydrogen-bond acceptors (Lipinski definition) is 5. The molecule has 0 radical (unpaired) electrons. The van der Waals surface area contributed by atoms with Gasteiger partial charge < -0.3 is 9.73 Å². The normalized spacial score (nSPS) is 15.3. The van der Waals surface area contributed by atoms with Crippen LogP contribution < -0.4 is 5.32 Å². The molecular weight excluding hydrogens is 476 g/mol.